The Kier molecular flexibility index (Phi) is 4.33. The lowest BCUT2D eigenvalue weighted by atomic mass is 10.1. The predicted molar refractivity (Wildman–Crippen MR) is 54.7 cm³/mol. The van der Waals surface area contributed by atoms with Crippen molar-refractivity contribution in [1.29, 1.82) is 0 Å². The molecule has 12 heavy (non-hydrogen) atoms. The monoisotopic (exact) mass is 228 g/mol. The van der Waals surface area contributed by atoms with Gasteiger partial charge in [0.1, 0.15) is 0 Å². The summed E-state index contributed by atoms with van der Waals surface area (Å²) in [4.78, 5) is 0. The molecule has 1 aromatic carbocycles. The molecule has 0 aliphatic rings. The highest BCUT2D eigenvalue weighted by Gasteiger charge is 2.04. The molecule has 0 aromatic heterocycles. The first-order valence-corrected chi connectivity index (χ1v) is 5.11. The highest BCUT2D eigenvalue weighted by atomic mass is 79.9. The molecule has 1 aromatic rings. The summed E-state index contributed by atoms with van der Waals surface area (Å²) >= 11 is 3.41. The van der Waals surface area contributed by atoms with E-state index in [1.165, 1.54) is 5.56 Å². The fraction of sp³-hybridized carbons (Fsp3) is 0.400. The van der Waals surface area contributed by atoms with Crippen LogP contribution in [0.2, 0.25) is 0 Å². The molecule has 0 bridgehead atoms. The van der Waals surface area contributed by atoms with Crippen LogP contribution in [0.3, 0.4) is 0 Å². The van der Waals surface area contributed by atoms with E-state index in [0.717, 1.165) is 11.8 Å². The van der Waals surface area contributed by atoms with Gasteiger partial charge in [-0.1, -0.05) is 46.3 Å². The van der Waals surface area contributed by atoms with Crippen molar-refractivity contribution in [3.63, 3.8) is 0 Å². The second kappa shape index (κ2) is 5.33. The number of hydrogen-bond acceptors (Lipinski definition) is 1. The van der Waals surface area contributed by atoms with Crippen molar-refractivity contribution in [3.8, 4) is 0 Å². The van der Waals surface area contributed by atoms with E-state index in [1.807, 2.05) is 6.07 Å². The van der Waals surface area contributed by atoms with Crippen molar-refractivity contribution in [2.24, 2.45) is 0 Å². The zero-order valence-electron chi connectivity index (χ0n) is 7.16. The SMILES string of the molecule is CO[C@@H](CBr)Cc1ccccc1. The Hall–Kier alpha value is -0.340. The van der Waals surface area contributed by atoms with Crippen LogP contribution in [0, 0.1) is 0 Å². The van der Waals surface area contributed by atoms with E-state index in [0.29, 0.717) is 0 Å². The summed E-state index contributed by atoms with van der Waals surface area (Å²) < 4.78 is 5.26. The summed E-state index contributed by atoms with van der Waals surface area (Å²) in [5.41, 5.74) is 1.32. The van der Waals surface area contributed by atoms with Gasteiger partial charge in [0.05, 0.1) is 6.10 Å². The first-order chi connectivity index (χ1) is 5.86. The van der Waals surface area contributed by atoms with Crippen molar-refractivity contribution < 1.29 is 4.74 Å². The van der Waals surface area contributed by atoms with Gasteiger partial charge in [-0.05, 0) is 12.0 Å². The van der Waals surface area contributed by atoms with Gasteiger partial charge in [-0.2, -0.15) is 0 Å². The van der Waals surface area contributed by atoms with Gasteiger partial charge < -0.3 is 4.74 Å². The Morgan fingerprint density at radius 1 is 1.33 bits per heavy atom. The summed E-state index contributed by atoms with van der Waals surface area (Å²) in [5.74, 6) is 0. The first kappa shape index (κ1) is 9.75. The normalized spacial score (nSPS) is 12.8. The fourth-order valence-corrected chi connectivity index (χ4v) is 1.57. The number of ether oxygens (including phenoxy) is 1. The third-order valence-electron chi connectivity index (χ3n) is 1.81. The number of methoxy groups -OCH3 is 1. The van der Waals surface area contributed by atoms with Crippen molar-refractivity contribution in [2.45, 2.75) is 12.5 Å². The van der Waals surface area contributed by atoms with Crippen molar-refractivity contribution >= 4 is 15.9 Å². The summed E-state index contributed by atoms with van der Waals surface area (Å²) in [6.45, 7) is 0. The van der Waals surface area contributed by atoms with Crippen LogP contribution in [0.4, 0.5) is 0 Å². The molecule has 0 fully saturated rings. The average Bonchev–Trinajstić information content (AvgIpc) is 2.16. The van der Waals surface area contributed by atoms with Gasteiger partial charge >= 0.3 is 0 Å². The van der Waals surface area contributed by atoms with Crippen LogP contribution >= 0.6 is 15.9 Å². The summed E-state index contributed by atoms with van der Waals surface area (Å²) in [5, 5.41) is 0.887. The molecule has 0 aliphatic heterocycles. The molecule has 2 heteroatoms. The second-order valence-corrected chi connectivity index (χ2v) is 3.35. The number of halogens is 1. The highest BCUT2D eigenvalue weighted by Crippen LogP contribution is 2.06. The highest BCUT2D eigenvalue weighted by molar-refractivity contribution is 9.09. The lowest BCUT2D eigenvalue weighted by molar-refractivity contribution is 0.123. The van der Waals surface area contributed by atoms with E-state index in [-0.39, 0.29) is 6.10 Å². The Balaban J connectivity index is 2.51. The van der Waals surface area contributed by atoms with Crippen molar-refractivity contribution in [1.82, 2.24) is 0 Å². The maximum Gasteiger partial charge on any atom is 0.0708 e. The van der Waals surface area contributed by atoms with E-state index < -0.39 is 0 Å². The van der Waals surface area contributed by atoms with E-state index in [1.54, 1.807) is 7.11 Å². The minimum Gasteiger partial charge on any atom is -0.380 e. The molecule has 0 amide bonds. The Bertz CT molecular complexity index is 206. The maximum atomic E-state index is 5.26. The van der Waals surface area contributed by atoms with Crippen LogP contribution in [0.15, 0.2) is 30.3 Å². The van der Waals surface area contributed by atoms with Gasteiger partial charge in [-0.15, -0.1) is 0 Å². The minimum atomic E-state index is 0.285. The summed E-state index contributed by atoms with van der Waals surface area (Å²) in [7, 11) is 1.74. The molecule has 66 valence electrons. The Labute approximate surface area is 81.9 Å². The zero-order valence-corrected chi connectivity index (χ0v) is 8.75. The second-order valence-electron chi connectivity index (χ2n) is 2.70. The summed E-state index contributed by atoms with van der Waals surface area (Å²) in [6.07, 6.45) is 1.26. The molecule has 1 nitrogen and oxygen atoms in total. The van der Waals surface area contributed by atoms with Gasteiger partial charge in [0.15, 0.2) is 0 Å². The van der Waals surface area contributed by atoms with Crippen LogP contribution in [0.5, 0.6) is 0 Å². The molecule has 0 heterocycles. The molecule has 0 spiro atoms. The van der Waals surface area contributed by atoms with Crippen LogP contribution in [-0.2, 0) is 11.2 Å². The zero-order chi connectivity index (χ0) is 8.81. The lowest BCUT2D eigenvalue weighted by Gasteiger charge is -2.11. The van der Waals surface area contributed by atoms with Crippen LogP contribution < -0.4 is 0 Å². The third kappa shape index (κ3) is 2.95. The quantitative estimate of drug-likeness (QED) is 0.721. The van der Waals surface area contributed by atoms with E-state index >= 15 is 0 Å². The van der Waals surface area contributed by atoms with Gasteiger partial charge in [0.25, 0.3) is 0 Å². The molecule has 0 aliphatic carbocycles. The average molecular weight is 229 g/mol. The predicted octanol–water partition coefficient (Wildman–Crippen LogP) is 2.64. The molecule has 1 atom stereocenters. The molecule has 1 rings (SSSR count). The van der Waals surface area contributed by atoms with E-state index in [2.05, 4.69) is 40.2 Å². The molecule has 0 radical (unpaired) electrons. The molecular formula is C10H13BrO. The van der Waals surface area contributed by atoms with Crippen molar-refractivity contribution in [2.75, 3.05) is 12.4 Å². The van der Waals surface area contributed by atoms with Crippen molar-refractivity contribution in [3.05, 3.63) is 35.9 Å². The fourth-order valence-electron chi connectivity index (χ4n) is 1.08. The number of hydrogen-bond donors (Lipinski definition) is 0. The van der Waals surface area contributed by atoms with E-state index in [4.69, 9.17) is 4.74 Å². The van der Waals surface area contributed by atoms with Crippen LogP contribution in [0.1, 0.15) is 5.56 Å². The minimum absolute atomic E-state index is 0.285. The van der Waals surface area contributed by atoms with Gasteiger partial charge in [0.2, 0.25) is 0 Å². The molecule has 0 saturated carbocycles. The molecule has 0 unspecified atom stereocenters. The third-order valence-corrected chi connectivity index (χ3v) is 2.53. The summed E-state index contributed by atoms with van der Waals surface area (Å²) in [6, 6.07) is 10.4. The molecular weight excluding hydrogens is 216 g/mol. The number of alkyl halides is 1. The number of rotatable bonds is 4. The maximum absolute atomic E-state index is 5.26. The number of benzene rings is 1. The lowest BCUT2D eigenvalue weighted by Crippen LogP contribution is -2.15. The first-order valence-electron chi connectivity index (χ1n) is 3.99. The van der Waals surface area contributed by atoms with Gasteiger partial charge in [-0.3, -0.25) is 0 Å². The Morgan fingerprint density at radius 3 is 2.50 bits per heavy atom. The van der Waals surface area contributed by atoms with Gasteiger partial charge in [-0.25, -0.2) is 0 Å². The van der Waals surface area contributed by atoms with Gasteiger partial charge in [0, 0.05) is 12.4 Å². The van der Waals surface area contributed by atoms with E-state index in [9.17, 15) is 0 Å². The molecule has 0 N–H and O–H groups in total. The van der Waals surface area contributed by atoms with Crippen LogP contribution in [-0.4, -0.2) is 18.5 Å². The Morgan fingerprint density at radius 2 is 2.00 bits per heavy atom. The smallest absolute Gasteiger partial charge is 0.0708 e. The topological polar surface area (TPSA) is 9.23 Å². The molecule has 0 saturated heterocycles. The standard InChI is InChI=1S/C10H13BrO/c1-12-10(8-11)7-9-5-3-2-4-6-9/h2-6,10H,7-8H2,1H3/t10-/m1/s1. The largest absolute Gasteiger partial charge is 0.380 e. The van der Waals surface area contributed by atoms with Crippen LogP contribution in [0.25, 0.3) is 0 Å².